The number of aliphatic hydroxyl groups is 2. The zero-order valence-electron chi connectivity index (χ0n) is 47.8. The highest BCUT2D eigenvalue weighted by atomic mass is 31.2. The lowest BCUT2D eigenvalue weighted by molar-refractivity contribution is -0.171. The van der Waals surface area contributed by atoms with Gasteiger partial charge >= 0.3 is 0 Å². The van der Waals surface area contributed by atoms with Gasteiger partial charge in [-0.05, 0) is 64.0 Å². The van der Waals surface area contributed by atoms with Crippen molar-refractivity contribution in [3.63, 3.8) is 0 Å². The van der Waals surface area contributed by atoms with Crippen LogP contribution in [0.4, 0.5) is 0 Å². The summed E-state index contributed by atoms with van der Waals surface area (Å²) in [5, 5.41) is 20.6. The van der Waals surface area contributed by atoms with Gasteiger partial charge in [0.05, 0.1) is 50.8 Å². The van der Waals surface area contributed by atoms with Crippen molar-refractivity contribution in [1.82, 2.24) is 0 Å². The Bertz CT molecular complexity index is 1870. The molecule has 8 rings (SSSR count). The monoisotopic (exact) mass is 1080 g/mol. The standard InChI is InChI=1S/C16H30O3Si.C15H28O4Si.C14H22NO4P.C10H16O3/c1-9-11(2)16-10-17-13(12(3)18-16)14(16)19-20(7,8)15(4,5)6;1-8-11(16)15-9-17-12(10(2)18-15)13(15)19-20(6,7)14(3,4)5;1-6-10(2)14-9-16-12(11(3)18-14)13(14)19-20(5)17-8-7-15-4;1-4-6(2)10-5-12-8(9(10)11)7(3)13-10/h9,11-14H,1,10H2,2-8H3;8,10-13,16H,1,9H2,2-7H3;6,10-13H,1,7-9H2,2-3,5H3;4,6-9,11H,1,5H2,2-3H3/t11-,12-,13-,14-,16+;10-,11-,12-,13-,15+;10-,11-,12-,13-,14+,20?;6-,7-,8-,9-,10+/m0000/s1. The second kappa shape index (κ2) is 23.6. The predicted molar refractivity (Wildman–Crippen MR) is 292 cm³/mol. The van der Waals surface area contributed by atoms with E-state index in [0.717, 1.165) is 0 Å². The average molecular weight is 1080 g/mol. The smallest absolute Gasteiger partial charge is 0.238 e. The summed E-state index contributed by atoms with van der Waals surface area (Å²) in [6.45, 7) is 63.3. The molecular weight excluding hydrogens is 986 g/mol. The van der Waals surface area contributed by atoms with E-state index < -0.39 is 54.0 Å². The molecule has 8 fully saturated rings. The molecule has 0 radical (unpaired) electrons. The third kappa shape index (κ3) is 11.9. The highest BCUT2D eigenvalue weighted by Gasteiger charge is 2.67. The molecule has 0 saturated carbocycles. The molecule has 0 aromatic heterocycles. The Morgan fingerprint density at radius 3 is 1.33 bits per heavy atom. The van der Waals surface area contributed by atoms with Crippen molar-refractivity contribution in [3.8, 4) is 0 Å². The van der Waals surface area contributed by atoms with Gasteiger partial charge < -0.3 is 70.9 Å². The number of aliphatic hydroxyl groups excluding tert-OH is 2. The molecule has 0 amide bonds. The van der Waals surface area contributed by atoms with Crippen LogP contribution < -0.4 is 0 Å². The van der Waals surface area contributed by atoms with Gasteiger partial charge in [-0.2, -0.15) is 0 Å². The van der Waals surface area contributed by atoms with Gasteiger partial charge in [0.2, 0.25) is 6.54 Å². The maximum absolute atomic E-state index is 10.3. The van der Waals surface area contributed by atoms with Crippen LogP contribution in [0, 0.1) is 24.3 Å². The van der Waals surface area contributed by atoms with E-state index in [4.69, 9.17) is 62.4 Å². The molecule has 0 aromatic carbocycles. The van der Waals surface area contributed by atoms with Crippen molar-refractivity contribution >= 4 is 25.0 Å². The predicted octanol–water partition coefficient (Wildman–Crippen LogP) is 9.59. The van der Waals surface area contributed by atoms with Gasteiger partial charge in [-0.15, -0.1) is 26.3 Å². The van der Waals surface area contributed by atoms with Crippen LogP contribution >= 0.6 is 8.38 Å². The molecule has 418 valence electrons. The van der Waals surface area contributed by atoms with Crippen LogP contribution in [-0.4, -0.2) is 175 Å². The number of fused-ring (bicyclic) bond motifs is 8. The summed E-state index contributed by atoms with van der Waals surface area (Å²) in [6, 6.07) is 0. The van der Waals surface area contributed by atoms with E-state index in [1.807, 2.05) is 52.6 Å². The zero-order valence-corrected chi connectivity index (χ0v) is 50.7. The van der Waals surface area contributed by atoms with Crippen molar-refractivity contribution in [2.75, 3.05) is 46.2 Å². The molecule has 1 unspecified atom stereocenters. The van der Waals surface area contributed by atoms with Crippen molar-refractivity contribution in [3.05, 3.63) is 62.0 Å². The lowest BCUT2D eigenvalue weighted by Crippen LogP contribution is -2.56. The molecular formula is C55H96NO14PSi2. The lowest BCUT2D eigenvalue weighted by Gasteiger charge is -2.42. The maximum atomic E-state index is 10.3. The van der Waals surface area contributed by atoms with Crippen molar-refractivity contribution in [1.29, 1.82) is 0 Å². The lowest BCUT2D eigenvalue weighted by atomic mass is 9.86. The van der Waals surface area contributed by atoms with Crippen LogP contribution in [0.1, 0.15) is 90.0 Å². The molecule has 0 aliphatic carbocycles. The van der Waals surface area contributed by atoms with Gasteiger partial charge in [0.15, 0.2) is 25.0 Å². The van der Waals surface area contributed by atoms with Crippen LogP contribution in [0.3, 0.4) is 0 Å². The van der Waals surface area contributed by atoms with Crippen LogP contribution in [-0.2, 0) is 55.8 Å². The van der Waals surface area contributed by atoms with E-state index >= 15 is 0 Å². The van der Waals surface area contributed by atoms with Crippen LogP contribution in [0.25, 0.3) is 4.85 Å². The fourth-order valence-electron chi connectivity index (χ4n) is 10.8. The largest absolute Gasteiger partial charge is 0.408 e. The van der Waals surface area contributed by atoms with Crippen LogP contribution in [0.15, 0.2) is 50.6 Å². The molecule has 21 atom stereocenters. The zero-order chi connectivity index (χ0) is 55.1. The van der Waals surface area contributed by atoms with Crippen LogP contribution in [0.5, 0.6) is 0 Å². The summed E-state index contributed by atoms with van der Waals surface area (Å²) in [7, 11) is -4.83. The summed E-state index contributed by atoms with van der Waals surface area (Å²) in [6.07, 6.45) is 5.40. The topological polar surface area (TPSA) is 156 Å². The van der Waals surface area contributed by atoms with E-state index in [-0.39, 0.29) is 101 Å². The van der Waals surface area contributed by atoms with Crippen molar-refractivity contribution < 1.29 is 66.0 Å². The second-order valence-electron chi connectivity index (χ2n) is 24.7. The van der Waals surface area contributed by atoms with Gasteiger partial charge in [0.25, 0.3) is 0 Å². The minimum atomic E-state index is -1.95. The molecule has 18 heteroatoms. The minimum absolute atomic E-state index is 0.00819. The van der Waals surface area contributed by atoms with Crippen molar-refractivity contribution in [2.45, 2.75) is 228 Å². The molecule has 15 nitrogen and oxygen atoms in total. The third-order valence-corrected chi connectivity index (χ3v) is 27.9. The molecule has 8 bridgehead atoms. The summed E-state index contributed by atoms with van der Waals surface area (Å²) in [4.78, 5) is 3.27. The molecule has 2 N–H and O–H groups in total. The van der Waals surface area contributed by atoms with Crippen LogP contribution in [0.2, 0.25) is 36.3 Å². The molecule has 8 aliphatic rings. The summed E-state index contributed by atoms with van der Waals surface area (Å²) >= 11 is 0. The van der Waals surface area contributed by atoms with E-state index in [1.165, 1.54) is 6.08 Å². The first kappa shape index (κ1) is 62.6. The van der Waals surface area contributed by atoms with E-state index in [0.29, 0.717) is 39.6 Å². The Morgan fingerprint density at radius 1 is 0.616 bits per heavy atom. The first-order valence-corrected chi connectivity index (χ1v) is 34.0. The van der Waals surface area contributed by atoms with E-state index in [1.54, 1.807) is 0 Å². The first-order valence-electron chi connectivity index (χ1n) is 26.5. The highest BCUT2D eigenvalue weighted by molar-refractivity contribution is 7.46. The Kier molecular flexibility index (Phi) is 20.2. The Hall–Kier alpha value is -1.25. The number of hydrogen-bond acceptors (Lipinski definition) is 14. The van der Waals surface area contributed by atoms with Crippen molar-refractivity contribution in [2.24, 2.45) is 17.8 Å². The number of rotatable bonds is 17. The fraction of sp³-hybridized carbons (Fsp3) is 0.836. The molecule has 0 spiro atoms. The Balaban J connectivity index is 0.000000182. The number of ether oxygens (including phenoxy) is 8. The quantitative estimate of drug-likeness (QED) is 0.0467. The fourth-order valence-corrected chi connectivity index (χ4v) is 14.5. The number of nitrogens with zero attached hydrogens (tertiary/aromatic N) is 1. The maximum Gasteiger partial charge on any atom is 0.238 e. The number of hydrogen-bond donors (Lipinski definition) is 2. The van der Waals surface area contributed by atoms with Gasteiger partial charge in [-0.25, -0.2) is 6.57 Å². The molecule has 8 aliphatic heterocycles. The molecule has 0 aromatic rings. The summed E-state index contributed by atoms with van der Waals surface area (Å²) in [5.74, 6) is 0.499. The van der Waals surface area contributed by atoms with E-state index in [9.17, 15) is 10.2 Å². The van der Waals surface area contributed by atoms with Gasteiger partial charge in [0, 0.05) is 24.4 Å². The SMILES string of the molecule is C=C[C@H](C)[C@@]12CO[C@@H]([C@H](C)O1)[C@@H]2O.C=C[C@H](C)[C@@]12CO[C@@H]([C@H](C)O1)[C@@H]2O[Si](C)(C)C(C)(C)C.C=C[C@H](O)[C@@]12CO[C@@H]([C@H](C)O1)[C@@H]2O[Si](C)(C)C(C)(C)C.[C-]#[N+]CCOP(C)O[C@H]1[C@H]2OC[C@]1([C@@H](C)C=C)O[C@H]2C. The Labute approximate surface area is 443 Å². The highest BCUT2D eigenvalue weighted by Crippen LogP contribution is 2.53. The Morgan fingerprint density at radius 2 is 0.959 bits per heavy atom. The summed E-state index contributed by atoms with van der Waals surface area (Å²) < 4.78 is 72.2. The average Bonchev–Trinajstić information content (AvgIpc) is 4.20. The van der Waals surface area contributed by atoms with E-state index in [2.05, 4.69) is 120 Å². The third-order valence-electron chi connectivity index (χ3n) is 17.9. The van der Waals surface area contributed by atoms with Gasteiger partial charge in [0.1, 0.15) is 83.9 Å². The molecule has 8 saturated heterocycles. The van der Waals surface area contributed by atoms with Gasteiger partial charge in [-0.3, -0.25) is 0 Å². The second-order valence-corrected chi connectivity index (χ2v) is 35.6. The summed E-state index contributed by atoms with van der Waals surface area (Å²) in [5.41, 5.74) is -2.12. The molecule has 8 heterocycles. The normalized spacial score (nSPS) is 41.0. The van der Waals surface area contributed by atoms with Gasteiger partial charge in [-0.1, -0.05) is 86.6 Å². The first-order chi connectivity index (χ1) is 33.8. The molecule has 73 heavy (non-hydrogen) atoms. The minimum Gasteiger partial charge on any atom is -0.408 e.